The molecule has 0 aliphatic heterocycles. The predicted molar refractivity (Wildman–Crippen MR) is 60.0 cm³/mol. The molecule has 1 aromatic carbocycles. The molecule has 17 heavy (non-hydrogen) atoms. The van der Waals surface area contributed by atoms with Gasteiger partial charge in [0.1, 0.15) is 12.1 Å². The lowest BCUT2D eigenvalue weighted by atomic mass is 10.0. The molecule has 4 nitrogen and oxygen atoms in total. The first kappa shape index (κ1) is 11.4. The van der Waals surface area contributed by atoms with E-state index < -0.39 is 11.9 Å². The summed E-state index contributed by atoms with van der Waals surface area (Å²) >= 11 is 0. The van der Waals surface area contributed by atoms with Gasteiger partial charge in [0.25, 0.3) is 0 Å². The fourth-order valence-corrected chi connectivity index (χ4v) is 1.62. The van der Waals surface area contributed by atoms with Crippen LogP contribution in [0, 0.1) is 11.7 Å². The molecule has 1 heterocycles. The third kappa shape index (κ3) is 2.38. The number of aliphatic carboxylic acids is 1. The maximum atomic E-state index is 13.1. The van der Waals surface area contributed by atoms with Crippen molar-refractivity contribution in [3.8, 4) is 0 Å². The van der Waals surface area contributed by atoms with Gasteiger partial charge in [-0.05, 0) is 18.2 Å². The van der Waals surface area contributed by atoms with Gasteiger partial charge in [-0.25, -0.2) is 14.4 Å². The molecule has 0 saturated heterocycles. The Morgan fingerprint density at radius 1 is 1.47 bits per heavy atom. The Bertz CT molecular complexity index is 571. The molecule has 0 fully saturated rings. The number of aromatic nitrogens is 2. The highest BCUT2D eigenvalue weighted by molar-refractivity contribution is 5.81. The van der Waals surface area contributed by atoms with Crippen molar-refractivity contribution in [1.82, 2.24) is 9.97 Å². The summed E-state index contributed by atoms with van der Waals surface area (Å²) in [7, 11) is 0. The zero-order valence-corrected chi connectivity index (χ0v) is 9.22. The molecule has 1 atom stereocenters. The van der Waals surface area contributed by atoms with Gasteiger partial charge in [-0.15, -0.1) is 0 Å². The molecule has 0 saturated carbocycles. The Kier molecular flexibility index (Phi) is 2.99. The van der Waals surface area contributed by atoms with E-state index in [-0.39, 0.29) is 12.2 Å². The minimum Gasteiger partial charge on any atom is -0.481 e. The van der Waals surface area contributed by atoms with Crippen molar-refractivity contribution in [2.75, 3.05) is 0 Å². The number of halogens is 1. The van der Waals surface area contributed by atoms with E-state index in [4.69, 9.17) is 5.11 Å². The molecule has 1 aromatic heterocycles. The molecule has 1 unspecified atom stereocenters. The molecule has 0 spiro atoms. The Morgan fingerprint density at radius 2 is 2.24 bits per heavy atom. The third-order valence-electron chi connectivity index (χ3n) is 2.60. The Labute approximate surface area is 97.1 Å². The van der Waals surface area contributed by atoms with Crippen LogP contribution in [0.2, 0.25) is 0 Å². The number of carboxylic acids is 1. The molecule has 0 bridgehead atoms. The summed E-state index contributed by atoms with van der Waals surface area (Å²) in [5.74, 6) is -1.83. The first-order chi connectivity index (χ1) is 8.08. The van der Waals surface area contributed by atoms with Crippen LogP contribution in [0.5, 0.6) is 0 Å². The number of carbonyl (C=O) groups is 1. The number of carboxylic acid groups (broad SMARTS) is 1. The van der Waals surface area contributed by atoms with Crippen LogP contribution in [0.4, 0.5) is 4.39 Å². The lowest BCUT2D eigenvalue weighted by Gasteiger charge is -2.07. The predicted octanol–water partition coefficient (Wildman–Crippen LogP) is 2.03. The molecule has 1 N–H and O–H groups in total. The number of hydrogen-bond acceptors (Lipinski definition) is 3. The highest BCUT2D eigenvalue weighted by Crippen LogP contribution is 2.18. The summed E-state index contributed by atoms with van der Waals surface area (Å²) in [6, 6.07) is 4.21. The van der Waals surface area contributed by atoms with Crippen LogP contribution in [0.3, 0.4) is 0 Å². The van der Waals surface area contributed by atoms with Gasteiger partial charge < -0.3 is 5.11 Å². The minimum atomic E-state index is -0.895. The van der Waals surface area contributed by atoms with Crippen LogP contribution < -0.4 is 0 Å². The third-order valence-corrected chi connectivity index (χ3v) is 2.60. The Hall–Kier alpha value is -2.04. The van der Waals surface area contributed by atoms with Crippen molar-refractivity contribution in [2.24, 2.45) is 5.92 Å². The topological polar surface area (TPSA) is 63.1 Å². The van der Waals surface area contributed by atoms with E-state index >= 15 is 0 Å². The van der Waals surface area contributed by atoms with E-state index in [0.717, 1.165) is 0 Å². The number of nitrogens with zero attached hydrogens (tertiary/aromatic N) is 2. The van der Waals surface area contributed by atoms with Gasteiger partial charge in [-0.1, -0.05) is 6.92 Å². The van der Waals surface area contributed by atoms with Gasteiger partial charge in [0.05, 0.1) is 17.1 Å². The fraction of sp³-hybridized carbons (Fsp3) is 0.250. The molecule has 0 radical (unpaired) electrons. The number of fused-ring (bicyclic) bond motifs is 1. The van der Waals surface area contributed by atoms with Gasteiger partial charge in [-0.2, -0.15) is 0 Å². The second kappa shape index (κ2) is 4.45. The van der Waals surface area contributed by atoms with E-state index in [0.29, 0.717) is 16.6 Å². The SMILES string of the molecule is CC(Cc1ncnc2ccc(F)cc12)C(=O)O. The van der Waals surface area contributed by atoms with Crippen molar-refractivity contribution in [3.63, 3.8) is 0 Å². The Balaban J connectivity index is 2.46. The number of benzene rings is 1. The minimum absolute atomic E-state index is 0.262. The first-order valence-electron chi connectivity index (χ1n) is 5.20. The number of hydrogen-bond donors (Lipinski definition) is 1. The second-order valence-corrected chi connectivity index (χ2v) is 3.93. The molecule has 2 rings (SSSR count). The maximum absolute atomic E-state index is 13.1. The molecule has 5 heteroatoms. The monoisotopic (exact) mass is 234 g/mol. The highest BCUT2D eigenvalue weighted by atomic mass is 19.1. The zero-order valence-electron chi connectivity index (χ0n) is 9.22. The molecule has 2 aromatic rings. The van der Waals surface area contributed by atoms with Crippen LogP contribution in [0.15, 0.2) is 24.5 Å². The van der Waals surface area contributed by atoms with Crippen molar-refractivity contribution >= 4 is 16.9 Å². The summed E-state index contributed by atoms with van der Waals surface area (Å²) in [6.07, 6.45) is 1.63. The lowest BCUT2D eigenvalue weighted by Crippen LogP contribution is -2.13. The maximum Gasteiger partial charge on any atom is 0.306 e. The average Bonchev–Trinajstić information content (AvgIpc) is 2.29. The fourth-order valence-electron chi connectivity index (χ4n) is 1.62. The molecular formula is C12H11FN2O2. The molecule has 0 aliphatic carbocycles. The quantitative estimate of drug-likeness (QED) is 0.882. The Morgan fingerprint density at radius 3 is 2.94 bits per heavy atom. The van der Waals surface area contributed by atoms with Crippen LogP contribution >= 0.6 is 0 Å². The smallest absolute Gasteiger partial charge is 0.306 e. The summed E-state index contributed by atoms with van der Waals surface area (Å²) in [5, 5.41) is 9.42. The van der Waals surface area contributed by atoms with Gasteiger partial charge in [0.2, 0.25) is 0 Å². The number of rotatable bonds is 3. The van der Waals surface area contributed by atoms with Crippen LogP contribution in [0.1, 0.15) is 12.6 Å². The van der Waals surface area contributed by atoms with Crippen molar-refractivity contribution < 1.29 is 14.3 Å². The lowest BCUT2D eigenvalue weighted by molar-refractivity contribution is -0.141. The molecular weight excluding hydrogens is 223 g/mol. The van der Waals surface area contributed by atoms with Crippen LogP contribution in [-0.2, 0) is 11.2 Å². The largest absolute Gasteiger partial charge is 0.481 e. The molecule has 88 valence electrons. The van der Waals surface area contributed by atoms with Gasteiger partial charge in [-0.3, -0.25) is 4.79 Å². The van der Waals surface area contributed by atoms with Gasteiger partial charge >= 0.3 is 5.97 Å². The summed E-state index contributed by atoms with van der Waals surface area (Å²) in [5.41, 5.74) is 1.18. The van der Waals surface area contributed by atoms with Gasteiger partial charge in [0.15, 0.2) is 0 Å². The average molecular weight is 234 g/mol. The first-order valence-corrected chi connectivity index (χ1v) is 5.20. The van der Waals surface area contributed by atoms with E-state index in [9.17, 15) is 9.18 Å². The van der Waals surface area contributed by atoms with Crippen LogP contribution in [-0.4, -0.2) is 21.0 Å². The molecule has 0 aliphatic rings. The molecule has 0 amide bonds. The second-order valence-electron chi connectivity index (χ2n) is 3.93. The summed E-state index contributed by atoms with van der Waals surface area (Å²) < 4.78 is 13.1. The van der Waals surface area contributed by atoms with E-state index in [2.05, 4.69) is 9.97 Å². The van der Waals surface area contributed by atoms with Crippen molar-refractivity contribution in [3.05, 3.63) is 36.0 Å². The van der Waals surface area contributed by atoms with Crippen LogP contribution in [0.25, 0.3) is 10.9 Å². The van der Waals surface area contributed by atoms with Gasteiger partial charge in [0, 0.05) is 11.8 Å². The normalized spacial score (nSPS) is 12.6. The van der Waals surface area contributed by atoms with Crippen molar-refractivity contribution in [1.29, 1.82) is 0 Å². The van der Waals surface area contributed by atoms with E-state index in [1.54, 1.807) is 13.0 Å². The van der Waals surface area contributed by atoms with E-state index in [1.165, 1.54) is 18.5 Å². The summed E-state index contributed by atoms with van der Waals surface area (Å²) in [4.78, 5) is 18.8. The standard InChI is InChI=1S/C12H11FN2O2/c1-7(12(16)17)4-11-9-5-8(13)2-3-10(9)14-6-15-11/h2-3,5-7H,4H2,1H3,(H,16,17). The zero-order chi connectivity index (χ0) is 12.4. The highest BCUT2D eigenvalue weighted by Gasteiger charge is 2.14. The van der Waals surface area contributed by atoms with Crippen molar-refractivity contribution in [2.45, 2.75) is 13.3 Å². The summed E-state index contributed by atoms with van der Waals surface area (Å²) in [6.45, 7) is 1.59. The van der Waals surface area contributed by atoms with E-state index in [1.807, 2.05) is 0 Å².